The van der Waals surface area contributed by atoms with Gasteiger partial charge in [0.1, 0.15) is 0 Å². The van der Waals surface area contributed by atoms with Gasteiger partial charge in [-0.3, -0.25) is 4.90 Å². The molecule has 1 saturated heterocycles. The molecule has 0 saturated carbocycles. The van der Waals surface area contributed by atoms with E-state index in [-0.39, 0.29) is 5.60 Å². The number of ether oxygens (including phenoxy) is 1. The molecular weight excluding hydrogens is 162 g/mol. The Balaban J connectivity index is 2.58. The van der Waals surface area contributed by atoms with E-state index in [0.717, 1.165) is 13.0 Å². The zero-order valence-electron chi connectivity index (χ0n) is 9.47. The number of likely N-dealkylation sites (tertiary alicyclic amines) is 1. The van der Waals surface area contributed by atoms with Crippen molar-refractivity contribution in [3.8, 4) is 0 Å². The molecule has 0 aromatic rings. The Bertz CT molecular complexity index is 152. The molecule has 1 rings (SSSR count). The van der Waals surface area contributed by atoms with Crippen molar-refractivity contribution in [2.75, 3.05) is 20.2 Å². The molecule has 1 unspecified atom stereocenters. The van der Waals surface area contributed by atoms with Crippen LogP contribution in [0, 0.1) is 0 Å². The zero-order valence-corrected chi connectivity index (χ0v) is 9.47. The lowest BCUT2D eigenvalue weighted by molar-refractivity contribution is -0.0734. The molecule has 1 fully saturated rings. The minimum absolute atomic E-state index is 0.141. The minimum Gasteiger partial charge on any atom is -0.377 e. The quantitative estimate of drug-likeness (QED) is 0.669. The summed E-state index contributed by atoms with van der Waals surface area (Å²) in [5.74, 6) is 0. The van der Waals surface area contributed by atoms with Crippen molar-refractivity contribution < 1.29 is 4.74 Å². The first kappa shape index (κ1) is 11.0. The molecule has 1 aliphatic heterocycles. The standard InChI is InChI=1S/C11H23NO/c1-5-11(13-4)7-6-8-12(9-11)10(2)3/h10H,5-9H2,1-4H3. The fourth-order valence-corrected chi connectivity index (χ4v) is 2.17. The van der Waals surface area contributed by atoms with Gasteiger partial charge in [-0.2, -0.15) is 0 Å². The van der Waals surface area contributed by atoms with Gasteiger partial charge < -0.3 is 4.74 Å². The molecule has 0 spiro atoms. The fraction of sp³-hybridized carbons (Fsp3) is 1.00. The molecule has 13 heavy (non-hydrogen) atoms. The zero-order chi connectivity index (χ0) is 9.90. The van der Waals surface area contributed by atoms with Crippen LogP contribution in [0.1, 0.15) is 40.0 Å². The van der Waals surface area contributed by atoms with Crippen molar-refractivity contribution >= 4 is 0 Å². The molecule has 0 aromatic carbocycles. The monoisotopic (exact) mass is 185 g/mol. The van der Waals surface area contributed by atoms with Crippen molar-refractivity contribution in [1.29, 1.82) is 0 Å². The van der Waals surface area contributed by atoms with Crippen molar-refractivity contribution in [3.05, 3.63) is 0 Å². The maximum Gasteiger partial charge on any atom is 0.0803 e. The number of piperidine rings is 1. The maximum absolute atomic E-state index is 5.67. The van der Waals surface area contributed by atoms with E-state index in [1.807, 2.05) is 7.11 Å². The van der Waals surface area contributed by atoms with Crippen molar-refractivity contribution in [2.45, 2.75) is 51.7 Å². The summed E-state index contributed by atoms with van der Waals surface area (Å²) in [5, 5.41) is 0. The van der Waals surface area contributed by atoms with Crippen molar-refractivity contribution in [1.82, 2.24) is 4.90 Å². The summed E-state index contributed by atoms with van der Waals surface area (Å²) in [5.41, 5.74) is 0.141. The van der Waals surface area contributed by atoms with Crippen LogP contribution in [-0.2, 0) is 4.74 Å². The Hall–Kier alpha value is -0.0800. The van der Waals surface area contributed by atoms with Crippen LogP contribution in [0.25, 0.3) is 0 Å². The van der Waals surface area contributed by atoms with Crippen LogP contribution in [0.3, 0.4) is 0 Å². The van der Waals surface area contributed by atoms with Gasteiger partial charge in [0, 0.05) is 19.7 Å². The summed E-state index contributed by atoms with van der Waals surface area (Å²) in [6, 6.07) is 0.654. The first-order valence-electron chi connectivity index (χ1n) is 5.43. The molecule has 0 bridgehead atoms. The van der Waals surface area contributed by atoms with Crippen LogP contribution in [0.2, 0.25) is 0 Å². The Labute approximate surface area is 82.3 Å². The Kier molecular flexibility index (Phi) is 3.74. The summed E-state index contributed by atoms with van der Waals surface area (Å²) < 4.78 is 5.67. The molecule has 2 nitrogen and oxygen atoms in total. The molecule has 1 atom stereocenters. The van der Waals surface area contributed by atoms with Crippen LogP contribution in [-0.4, -0.2) is 36.7 Å². The smallest absolute Gasteiger partial charge is 0.0803 e. The normalized spacial score (nSPS) is 31.2. The number of hydrogen-bond acceptors (Lipinski definition) is 2. The summed E-state index contributed by atoms with van der Waals surface area (Å²) in [7, 11) is 1.85. The van der Waals surface area contributed by atoms with E-state index in [9.17, 15) is 0 Å². The maximum atomic E-state index is 5.67. The Morgan fingerprint density at radius 1 is 1.46 bits per heavy atom. The van der Waals surface area contributed by atoms with Crippen LogP contribution in [0.4, 0.5) is 0 Å². The third-order valence-electron chi connectivity index (χ3n) is 3.38. The van der Waals surface area contributed by atoms with Crippen molar-refractivity contribution in [2.24, 2.45) is 0 Å². The molecule has 1 aliphatic rings. The highest BCUT2D eigenvalue weighted by Gasteiger charge is 2.34. The molecular formula is C11H23NO. The molecule has 0 N–H and O–H groups in total. The summed E-state index contributed by atoms with van der Waals surface area (Å²) in [4.78, 5) is 2.52. The van der Waals surface area contributed by atoms with Gasteiger partial charge in [0.05, 0.1) is 5.60 Å². The molecule has 2 heteroatoms. The predicted molar refractivity (Wildman–Crippen MR) is 56.0 cm³/mol. The van der Waals surface area contributed by atoms with Crippen LogP contribution in [0.5, 0.6) is 0 Å². The van der Waals surface area contributed by atoms with E-state index < -0.39 is 0 Å². The van der Waals surface area contributed by atoms with E-state index >= 15 is 0 Å². The fourth-order valence-electron chi connectivity index (χ4n) is 2.17. The van der Waals surface area contributed by atoms with Gasteiger partial charge in [-0.1, -0.05) is 6.92 Å². The van der Waals surface area contributed by atoms with Crippen LogP contribution >= 0.6 is 0 Å². The Morgan fingerprint density at radius 3 is 2.62 bits per heavy atom. The van der Waals surface area contributed by atoms with E-state index in [4.69, 9.17) is 4.74 Å². The second-order valence-corrected chi connectivity index (χ2v) is 4.41. The van der Waals surface area contributed by atoms with Crippen LogP contribution in [0.15, 0.2) is 0 Å². The second kappa shape index (κ2) is 4.43. The van der Waals surface area contributed by atoms with E-state index in [0.29, 0.717) is 6.04 Å². The van der Waals surface area contributed by atoms with Crippen molar-refractivity contribution in [3.63, 3.8) is 0 Å². The number of methoxy groups -OCH3 is 1. The molecule has 0 amide bonds. The van der Waals surface area contributed by atoms with E-state index in [2.05, 4.69) is 25.7 Å². The van der Waals surface area contributed by atoms with Gasteiger partial charge in [-0.15, -0.1) is 0 Å². The minimum atomic E-state index is 0.141. The van der Waals surface area contributed by atoms with Gasteiger partial charge in [0.15, 0.2) is 0 Å². The lowest BCUT2D eigenvalue weighted by Gasteiger charge is -2.43. The lowest BCUT2D eigenvalue weighted by atomic mass is 9.89. The molecule has 1 heterocycles. The topological polar surface area (TPSA) is 12.5 Å². The second-order valence-electron chi connectivity index (χ2n) is 4.41. The van der Waals surface area contributed by atoms with Gasteiger partial charge in [-0.05, 0) is 39.7 Å². The third-order valence-corrected chi connectivity index (χ3v) is 3.38. The predicted octanol–water partition coefficient (Wildman–Crippen LogP) is 2.29. The van der Waals surface area contributed by atoms with Gasteiger partial charge >= 0.3 is 0 Å². The third kappa shape index (κ3) is 2.44. The Morgan fingerprint density at radius 2 is 2.15 bits per heavy atom. The largest absolute Gasteiger partial charge is 0.377 e. The average Bonchev–Trinajstić information content (AvgIpc) is 2.18. The summed E-state index contributed by atoms with van der Waals surface area (Å²) >= 11 is 0. The summed E-state index contributed by atoms with van der Waals surface area (Å²) in [6.45, 7) is 9.11. The van der Waals surface area contributed by atoms with Gasteiger partial charge in [0.2, 0.25) is 0 Å². The number of rotatable bonds is 3. The van der Waals surface area contributed by atoms with Gasteiger partial charge in [0.25, 0.3) is 0 Å². The molecule has 0 radical (unpaired) electrons. The van der Waals surface area contributed by atoms with Gasteiger partial charge in [-0.25, -0.2) is 0 Å². The van der Waals surface area contributed by atoms with Crippen LogP contribution < -0.4 is 0 Å². The van der Waals surface area contributed by atoms with E-state index in [1.165, 1.54) is 19.4 Å². The highest BCUT2D eigenvalue weighted by molar-refractivity contribution is 4.88. The molecule has 0 aromatic heterocycles. The van der Waals surface area contributed by atoms with E-state index in [1.54, 1.807) is 0 Å². The average molecular weight is 185 g/mol. The number of nitrogens with zero attached hydrogens (tertiary/aromatic N) is 1. The lowest BCUT2D eigenvalue weighted by Crippen LogP contribution is -2.51. The SMILES string of the molecule is CCC1(OC)CCCN(C(C)C)C1. The highest BCUT2D eigenvalue weighted by Crippen LogP contribution is 2.28. The highest BCUT2D eigenvalue weighted by atomic mass is 16.5. The molecule has 0 aliphatic carbocycles. The number of hydrogen-bond donors (Lipinski definition) is 0. The first-order chi connectivity index (χ1) is 6.13. The summed E-state index contributed by atoms with van der Waals surface area (Å²) in [6.07, 6.45) is 3.63. The molecule has 78 valence electrons. The first-order valence-corrected chi connectivity index (χ1v) is 5.43.